The first-order valence-corrected chi connectivity index (χ1v) is 10.6. The number of aromatic nitrogens is 2. The number of benzene rings is 1. The minimum absolute atomic E-state index is 0.0257. The number of nitrogens with one attached hydrogen (secondary N) is 1. The third kappa shape index (κ3) is 3.21. The van der Waals surface area contributed by atoms with E-state index in [1.54, 1.807) is 16.3 Å². The quantitative estimate of drug-likeness (QED) is 0.517. The summed E-state index contributed by atoms with van der Waals surface area (Å²) in [5.74, 6) is 1.39. The van der Waals surface area contributed by atoms with Crippen molar-refractivity contribution < 1.29 is 4.79 Å². The van der Waals surface area contributed by atoms with Crippen LogP contribution in [-0.4, -0.2) is 21.2 Å². The van der Waals surface area contributed by atoms with Gasteiger partial charge in [-0.3, -0.25) is 14.2 Å². The second-order valence-electron chi connectivity index (χ2n) is 6.37. The van der Waals surface area contributed by atoms with E-state index in [0.717, 1.165) is 35.0 Å². The standard InChI is InChI=1S/C20H19N3O2S2/c1-3-11-26-14-8-5-4-7-13(14)21-18(24)17-12(2)16-19(27-17)22-15-9-6-10-23(15)20(16)25/h3-5,7-8H,1,6,9-11H2,2H3,(H,21,24). The minimum Gasteiger partial charge on any atom is -0.320 e. The van der Waals surface area contributed by atoms with Gasteiger partial charge in [0, 0.05) is 23.6 Å². The van der Waals surface area contributed by atoms with Gasteiger partial charge in [0.15, 0.2) is 0 Å². The van der Waals surface area contributed by atoms with E-state index in [9.17, 15) is 9.59 Å². The SMILES string of the molecule is C=CCSc1ccccc1NC(=O)c1sc2nc3n(c(=O)c2c1C)CCC3. The molecule has 0 atom stereocenters. The van der Waals surface area contributed by atoms with Gasteiger partial charge in [-0.15, -0.1) is 29.7 Å². The zero-order valence-corrected chi connectivity index (χ0v) is 16.6. The number of para-hydroxylation sites is 1. The molecule has 2 aromatic heterocycles. The number of amides is 1. The zero-order valence-electron chi connectivity index (χ0n) is 14.9. The number of nitrogens with zero attached hydrogens (tertiary/aromatic N) is 2. The monoisotopic (exact) mass is 397 g/mol. The van der Waals surface area contributed by atoms with Crippen LogP contribution < -0.4 is 10.9 Å². The van der Waals surface area contributed by atoms with Gasteiger partial charge in [-0.25, -0.2) is 4.98 Å². The Balaban J connectivity index is 1.70. The van der Waals surface area contributed by atoms with Crippen LogP contribution in [0.1, 0.15) is 27.5 Å². The molecule has 4 rings (SSSR count). The van der Waals surface area contributed by atoms with E-state index < -0.39 is 0 Å². The average Bonchev–Trinajstić information content (AvgIpc) is 3.26. The van der Waals surface area contributed by atoms with Crippen molar-refractivity contribution in [3.05, 3.63) is 63.5 Å². The normalized spacial score (nSPS) is 12.9. The van der Waals surface area contributed by atoms with E-state index >= 15 is 0 Å². The van der Waals surface area contributed by atoms with Crippen LogP contribution >= 0.6 is 23.1 Å². The topological polar surface area (TPSA) is 64.0 Å². The van der Waals surface area contributed by atoms with Gasteiger partial charge in [-0.05, 0) is 31.0 Å². The van der Waals surface area contributed by atoms with Crippen molar-refractivity contribution in [1.29, 1.82) is 0 Å². The second-order valence-corrected chi connectivity index (χ2v) is 8.44. The van der Waals surface area contributed by atoms with Gasteiger partial charge in [0.05, 0.1) is 16.0 Å². The van der Waals surface area contributed by atoms with Gasteiger partial charge in [-0.1, -0.05) is 18.2 Å². The fourth-order valence-corrected chi connectivity index (χ4v) is 5.15. The molecular weight excluding hydrogens is 378 g/mol. The molecule has 1 N–H and O–H groups in total. The van der Waals surface area contributed by atoms with Crippen LogP contribution in [-0.2, 0) is 13.0 Å². The number of fused-ring (bicyclic) bond motifs is 2. The van der Waals surface area contributed by atoms with Crippen LogP contribution in [0.5, 0.6) is 0 Å². The van der Waals surface area contributed by atoms with Crippen molar-refractivity contribution in [2.24, 2.45) is 0 Å². The third-order valence-electron chi connectivity index (χ3n) is 4.61. The summed E-state index contributed by atoms with van der Waals surface area (Å²) in [5, 5.41) is 3.57. The number of hydrogen-bond donors (Lipinski definition) is 1. The lowest BCUT2D eigenvalue weighted by Crippen LogP contribution is -2.20. The number of anilines is 1. The Labute approximate surface area is 165 Å². The molecule has 0 saturated carbocycles. The molecule has 0 aliphatic carbocycles. The van der Waals surface area contributed by atoms with E-state index in [1.807, 2.05) is 37.3 Å². The molecule has 3 heterocycles. The van der Waals surface area contributed by atoms with Crippen molar-refractivity contribution in [3.63, 3.8) is 0 Å². The van der Waals surface area contributed by atoms with E-state index in [-0.39, 0.29) is 11.5 Å². The lowest BCUT2D eigenvalue weighted by Gasteiger charge is -2.09. The van der Waals surface area contributed by atoms with Crippen LogP contribution in [0.25, 0.3) is 10.2 Å². The Kier molecular flexibility index (Phi) is 4.88. The maximum Gasteiger partial charge on any atom is 0.266 e. The highest BCUT2D eigenvalue weighted by molar-refractivity contribution is 7.99. The molecule has 0 bridgehead atoms. The van der Waals surface area contributed by atoms with Crippen molar-refractivity contribution in [3.8, 4) is 0 Å². The molecule has 0 saturated heterocycles. The molecule has 27 heavy (non-hydrogen) atoms. The Morgan fingerprint density at radius 2 is 2.26 bits per heavy atom. The average molecular weight is 398 g/mol. The number of carbonyl (C=O) groups excluding carboxylic acids is 1. The second kappa shape index (κ2) is 7.32. The van der Waals surface area contributed by atoms with Gasteiger partial charge in [-0.2, -0.15) is 0 Å². The Morgan fingerprint density at radius 1 is 1.44 bits per heavy atom. The summed E-state index contributed by atoms with van der Waals surface area (Å²) in [5.41, 5.74) is 1.45. The highest BCUT2D eigenvalue weighted by Crippen LogP contribution is 2.31. The maximum atomic E-state index is 12.9. The largest absolute Gasteiger partial charge is 0.320 e. The Bertz CT molecular complexity index is 1110. The number of hydrogen-bond acceptors (Lipinski definition) is 5. The summed E-state index contributed by atoms with van der Waals surface area (Å²) >= 11 is 2.91. The lowest BCUT2D eigenvalue weighted by molar-refractivity contribution is 0.103. The van der Waals surface area contributed by atoms with Gasteiger partial charge in [0.1, 0.15) is 10.7 Å². The summed E-state index contributed by atoms with van der Waals surface area (Å²) in [4.78, 5) is 32.5. The van der Waals surface area contributed by atoms with Crippen molar-refractivity contribution in [2.45, 2.75) is 31.2 Å². The number of aryl methyl sites for hydroxylation is 2. The molecule has 138 valence electrons. The molecule has 0 radical (unpaired) electrons. The van der Waals surface area contributed by atoms with Crippen molar-refractivity contribution in [2.75, 3.05) is 11.1 Å². The summed E-state index contributed by atoms with van der Waals surface area (Å²) in [7, 11) is 0. The summed E-state index contributed by atoms with van der Waals surface area (Å²) < 4.78 is 1.74. The van der Waals surface area contributed by atoms with E-state index in [2.05, 4.69) is 16.9 Å². The van der Waals surface area contributed by atoms with Crippen molar-refractivity contribution >= 4 is 44.9 Å². The summed E-state index contributed by atoms with van der Waals surface area (Å²) in [6.45, 7) is 6.28. The Morgan fingerprint density at radius 3 is 3.07 bits per heavy atom. The fourth-order valence-electron chi connectivity index (χ4n) is 3.32. The molecule has 1 aromatic carbocycles. The summed E-state index contributed by atoms with van der Waals surface area (Å²) in [6, 6.07) is 7.69. The molecule has 7 heteroatoms. The van der Waals surface area contributed by atoms with Gasteiger partial charge in [0.2, 0.25) is 0 Å². The minimum atomic E-state index is -0.202. The van der Waals surface area contributed by atoms with E-state index in [0.29, 0.717) is 27.2 Å². The number of rotatable bonds is 5. The van der Waals surface area contributed by atoms with Crippen LogP contribution in [0.15, 0.2) is 46.6 Å². The smallest absolute Gasteiger partial charge is 0.266 e. The highest BCUT2D eigenvalue weighted by atomic mass is 32.2. The van der Waals surface area contributed by atoms with Crippen LogP contribution in [0, 0.1) is 6.92 Å². The number of thiophene rings is 1. The van der Waals surface area contributed by atoms with Gasteiger partial charge < -0.3 is 5.32 Å². The predicted molar refractivity (Wildman–Crippen MR) is 112 cm³/mol. The molecule has 1 aliphatic heterocycles. The van der Waals surface area contributed by atoms with Crippen LogP contribution in [0.2, 0.25) is 0 Å². The van der Waals surface area contributed by atoms with Crippen LogP contribution in [0.3, 0.4) is 0 Å². The first-order valence-electron chi connectivity index (χ1n) is 8.77. The molecule has 0 unspecified atom stereocenters. The molecule has 3 aromatic rings. The third-order valence-corrected chi connectivity index (χ3v) is 6.86. The zero-order chi connectivity index (χ0) is 19.0. The van der Waals surface area contributed by atoms with E-state index in [1.165, 1.54) is 11.3 Å². The molecule has 0 fully saturated rings. The molecule has 0 spiro atoms. The van der Waals surface area contributed by atoms with Crippen LogP contribution in [0.4, 0.5) is 5.69 Å². The van der Waals surface area contributed by atoms with E-state index in [4.69, 9.17) is 0 Å². The highest BCUT2D eigenvalue weighted by Gasteiger charge is 2.23. The lowest BCUT2D eigenvalue weighted by atomic mass is 10.2. The number of carbonyl (C=O) groups is 1. The first kappa shape index (κ1) is 18.0. The van der Waals surface area contributed by atoms with Crippen molar-refractivity contribution in [1.82, 2.24) is 9.55 Å². The molecule has 1 aliphatic rings. The molecule has 5 nitrogen and oxygen atoms in total. The summed E-state index contributed by atoms with van der Waals surface area (Å²) in [6.07, 6.45) is 3.60. The van der Waals surface area contributed by atoms with Gasteiger partial charge in [0.25, 0.3) is 11.5 Å². The predicted octanol–water partition coefficient (Wildman–Crippen LogP) is 4.24. The number of thioether (sulfide) groups is 1. The Hall–Kier alpha value is -2.38. The molecular formula is C20H19N3O2S2. The van der Waals surface area contributed by atoms with Gasteiger partial charge >= 0.3 is 0 Å². The molecule has 1 amide bonds. The maximum absolute atomic E-state index is 12.9. The fraction of sp³-hybridized carbons (Fsp3) is 0.250. The first-order chi connectivity index (χ1) is 13.1.